The van der Waals surface area contributed by atoms with Crippen LogP contribution in [0.5, 0.6) is 5.75 Å². The summed E-state index contributed by atoms with van der Waals surface area (Å²) in [5.41, 5.74) is 0.549. The van der Waals surface area contributed by atoms with Crippen molar-refractivity contribution < 1.29 is 27.5 Å². The minimum absolute atomic E-state index is 0.0738. The second kappa shape index (κ2) is 8.93. The molecule has 25 heavy (non-hydrogen) atoms. The highest BCUT2D eigenvalue weighted by atomic mass is 35.5. The van der Waals surface area contributed by atoms with Gasteiger partial charge in [-0.3, -0.25) is 4.79 Å². The van der Waals surface area contributed by atoms with Crippen LogP contribution in [-0.2, 0) is 9.63 Å². The highest BCUT2D eigenvalue weighted by Gasteiger charge is 2.08. The Morgan fingerprint density at radius 2 is 2.04 bits per heavy atom. The van der Waals surface area contributed by atoms with Crippen molar-refractivity contribution >= 4 is 29.4 Å². The summed E-state index contributed by atoms with van der Waals surface area (Å²) in [6.07, 6.45) is 1.14. The van der Waals surface area contributed by atoms with Gasteiger partial charge < -0.3 is 14.9 Å². The van der Waals surface area contributed by atoms with Crippen LogP contribution in [0.25, 0.3) is 0 Å². The fourth-order valence-electron chi connectivity index (χ4n) is 1.75. The molecule has 0 aliphatic rings. The fraction of sp³-hybridized carbons (Fsp3) is 0.125. The molecule has 1 amide bonds. The van der Waals surface area contributed by atoms with E-state index in [1.54, 1.807) is 6.07 Å². The number of benzene rings is 2. The number of alkyl halides is 2. The van der Waals surface area contributed by atoms with Gasteiger partial charge >= 0.3 is 6.61 Å². The van der Waals surface area contributed by atoms with Crippen LogP contribution in [0, 0.1) is 5.82 Å². The SMILES string of the molecule is O=C(CO/N=C\c1ccccc1OC(F)F)Nc1ccc(F)c(Cl)c1. The van der Waals surface area contributed by atoms with Crippen molar-refractivity contribution in [2.45, 2.75) is 6.61 Å². The molecular weight excluding hydrogens is 361 g/mol. The second-order valence-corrected chi connectivity index (χ2v) is 5.01. The molecule has 0 aliphatic heterocycles. The van der Waals surface area contributed by atoms with Gasteiger partial charge in [-0.2, -0.15) is 8.78 Å². The van der Waals surface area contributed by atoms with Crippen molar-refractivity contribution in [3.05, 3.63) is 58.9 Å². The number of nitrogens with one attached hydrogen (secondary N) is 1. The summed E-state index contributed by atoms with van der Waals surface area (Å²) in [7, 11) is 0. The van der Waals surface area contributed by atoms with Crippen molar-refractivity contribution in [1.29, 1.82) is 0 Å². The maximum atomic E-state index is 13.0. The second-order valence-electron chi connectivity index (χ2n) is 4.60. The van der Waals surface area contributed by atoms with Gasteiger partial charge in [-0.1, -0.05) is 28.9 Å². The average molecular weight is 373 g/mol. The Balaban J connectivity index is 1.86. The predicted molar refractivity (Wildman–Crippen MR) is 86.7 cm³/mol. The number of hydrogen-bond donors (Lipinski definition) is 1. The van der Waals surface area contributed by atoms with Gasteiger partial charge in [-0.05, 0) is 30.3 Å². The van der Waals surface area contributed by atoms with Crippen molar-refractivity contribution in [3.8, 4) is 5.75 Å². The summed E-state index contributed by atoms with van der Waals surface area (Å²) < 4.78 is 41.9. The molecule has 0 bridgehead atoms. The van der Waals surface area contributed by atoms with Gasteiger partial charge in [0.1, 0.15) is 11.6 Å². The average Bonchev–Trinajstić information content (AvgIpc) is 2.56. The zero-order chi connectivity index (χ0) is 18.2. The lowest BCUT2D eigenvalue weighted by Crippen LogP contribution is -2.17. The number of nitrogens with zero attached hydrogens (tertiary/aromatic N) is 1. The van der Waals surface area contributed by atoms with E-state index in [0.29, 0.717) is 5.69 Å². The van der Waals surface area contributed by atoms with E-state index in [9.17, 15) is 18.0 Å². The van der Waals surface area contributed by atoms with E-state index in [4.69, 9.17) is 16.4 Å². The van der Waals surface area contributed by atoms with E-state index in [2.05, 4.69) is 15.2 Å². The van der Waals surface area contributed by atoms with E-state index >= 15 is 0 Å². The molecule has 0 heterocycles. The summed E-state index contributed by atoms with van der Waals surface area (Å²) in [4.78, 5) is 16.5. The van der Waals surface area contributed by atoms with Gasteiger partial charge in [0.15, 0.2) is 6.61 Å². The van der Waals surface area contributed by atoms with Crippen LogP contribution in [0.4, 0.5) is 18.9 Å². The molecule has 2 rings (SSSR count). The summed E-state index contributed by atoms with van der Waals surface area (Å²) >= 11 is 5.60. The summed E-state index contributed by atoms with van der Waals surface area (Å²) in [6, 6.07) is 9.65. The fourth-order valence-corrected chi connectivity index (χ4v) is 1.93. The number of ether oxygens (including phenoxy) is 1. The largest absolute Gasteiger partial charge is 0.434 e. The Kier molecular flexibility index (Phi) is 6.64. The molecule has 132 valence electrons. The molecule has 0 unspecified atom stereocenters. The number of halogens is 4. The number of para-hydroxylation sites is 1. The van der Waals surface area contributed by atoms with Crippen LogP contribution in [0.2, 0.25) is 5.02 Å². The first-order valence-electron chi connectivity index (χ1n) is 6.90. The third kappa shape index (κ3) is 6.00. The van der Waals surface area contributed by atoms with Crippen LogP contribution in [0.3, 0.4) is 0 Å². The Morgan fingerprint density at radius 3 is 2.76 bits per heavy atom. The Hall–Kier alpha value is -2.74. The standard InChI is InChI=1S/C16H12ClF3N2O3/c17-12-7-11(5-6-13(12)18)22-15(23)9-24-21-8-10-3-1-2-4-14(10)25-16(19)20/h1-8,16H,9H2,(H,22,23)/b21-8-. The number of oxime groups is 1. The lowest BCUT2D eigenvalue weighted by molar-refractivity contribution is -0.120. The Bertz CT molecular complexity index is 772. The maximum Gasteiger partial charge on any atom is 0.387 e. The summed E-state index contributed by atoms with van der Waals surface area (Å²) in [5.74, 6) is -1.24. The van der Waals surface area contributed by atoms with E-state index in [1.165, 1.54) is 30.3 Å². The van der Waals surface area contributed by atoms with Crippen LogP contribution < -0.4 is 10.1 Å². The van der Waals surface area contributed by atoms with Gasteiger partial charge in [0, 0.05) is 11.3 Å². The topological polar surface area (TPSA) is 59.9 Å². The van der Waals surface area contributed by atoms with Crippen LogP contribution in [0.1, 0.15) is 5.56 Å². The van der Waals surface area contributed by atoms with Gasteiger partial charge in [-0.25, -0.2) is 4.39 Å². The minimum atomic E-state index is -2.97. The monoisotopic (exact) mass is 372 g/mol. The number of amides is 1. The van der Waals surface area contributed by atoms with E-state index in [0.717, 1.165) is 12.3 Å². The molecule has 9 heteroatoms. The molecule has 0 aliphatic carbocycles. The molecule has 0 spiro atoms. The Morgan fingerprint density at radius 1 is 1.28 bits per heavy atom. The third-order valence-electron chi connectivity index (χ3n) is 2.80. The quantitative estimate of drug-likeness (QED) is 0.588. The molecule has 0 fully saturated rings. The minimum Gasteiger partial charge on any atom is -0.434 e. The number of carbonyl (C=O) groups excluding carboxylic acids is 1. The Labute approximate surface area is 146 Å². The number of anilines is 1. The summed E-state index contributed by atoms with van der Waals surface area (Å²) in [5, 5.41) is 5.83. The highest BCUT2D eigenvalue weighted by molar-refractivity contribution is 6.31. The van der Waals surface area contributed by atoms with Crippen LogP contribution >= 0.6 is 11.6 Å². The molecule has 0 atom stereocenters. The number of hydrogen-bond acceptors (Lipinski definition) is 4. The number of rotatable bonds is 7. The van der Waals surface area contributed by atoms with Gasteiger partial charge in [-0.15, -0.1) is 0 Å². The first kappa shape index (κ1) is 18.6. The smallest absolute Gasteiger partial charge is 0.387 e. The van der Waals surface area contributed by atoms with E-state index in [1.807, 2.05) is 0 Å². The summed E-state index contributed by atoms with van der Waals surface area (Å²) in [6.45, 7) is -3.41. The molecule has 0 aromatic heterocycles. The first-order chi connectivity index (χ1) is 12.0. The van der Waals surface area contributed by atoms with E-state index < -0.39 is 24.9 Å². The van der Waals surface area contributed by atoms with E-state index in [-0.39, 0.29) is 16.3 Å². The maximum absolute atomic E-state index is 13.0. The molecule has 0 saturated heterocycles. The van der Waals surface area contributed by atoms with Crippen molar-refractivity contribution in [2.75, 3.05) is 11.9 Å². The first-order valence-corrected chi connectivity index (χ1v) is 7.27. The number of carbonyl (C=O) groups is 1. The van der Waals surface area contributed by atoms with Crippen LogP contribution in [0.15, 0.2) is 47.6 Å². The normalized spacial score (nSPS) is 10.9. The zero-order valence-corrected chi connectivity index (χ0v) is 13.3. The predicted octanol–water partition coefficient (Wildman–Crippen LogP) is 4.07. The lowest BCUT2D eigenvalue weighted by atomic mass is 10.2. The third-order valence-corrected chi connectivity index (χ3v) is 3.09. The van der Waals surface area contributed by atoms with Crippen molar-refractivity contribution in [1.82, 2.24) is 0 Å². The molecule has 0 radical (unpaired) electrons. The van der Waals surface area contributed by atoms with Gasteiger partial charge in [0.05, 0.1) is 11.2 Å². The molecular formula is C16H12ClF3N2O3. The van der Waals surface area contributed by atoms with Crippen molar-refractivity contribution in [3.63, 3.8) is 0 Å². The van der Waals surface area contributed by atoms with Gasteiger partial charge in [0.25, 0.3) is 5.91 Å². The van der Waals surface area contributed by atoms with Gasteiger partial charge in [0.2, 0.25) is 0 Å². The lowest BCUT2D eigenvalue weighted by Gasteiger charge is -2.07. The highest BCUT2D eigenvalue weighted by Crippen LogP contribution is 2.19. The molecule has 5 nitrogen and oxygen atoms in total. The van der Waals surface area contributed by atoms with Crippen LogP contribution in [-0.4, -0.2) is 25.3 Å². The molecule has 2 aromatic carbocycles. The molecule has 1 N–H and O–H groups in total. The molecule has 0 saturated carbocycles. The molecule has 2 aromatic rings. The zero-order valence-electron chi connectivity index (χ0n) is 12.6. The van der Waals surface area contributed by atoms with Crippen molar-refractivity contribution in [2.24, 2.45) is 5.16 Å².